The summed E-state index contributed by atoms with van der Waals surface area (Å²) in [5.41, 5.74) is 0. The van der Waals surface area contributed by atoms with Gasteiger partial charge in [-0.25, -0.2) is 0 Å². The van der Waals surface area contributed by atoms with E-state index >= 15 is 0 Å². The van der Waals surface area contributed by atoms with E-state index < -0.39 is 10.1 Å². The van der Waals surface area contributed by atoms with Gasteiger partial charge in [0.1, 0.15) is 0 Å². The third-order valence-electron chi connectivity index (χ3n) is 7.54. The lowest BCUT2D eigenvalue weighted by atomic mass is 10.0. The van der Waals surface area contributed by atoms with Gasteiger partial charge >= 0.3 is 0 Å². The Kier molecular flexibility index (Phi) is 38.6. The molecule has 6 heteroatoms. The molecule has 244 valence electrons. The second-order valence-corrected chi connectivity index (χ2v) is 13.6. The van der Waals surface area contributed by atoms with Crippen molar-refractivity contribution in [2.75, 3.05) is 33.1 Å². The molecular weight excluding hydrogens is 521 g/mol. The van der Waals surface area contributed by atoms with Crippen molar-refractivity contribution in [3.63, 3.8) is 0 Å². The van der Waals surface area contributed by atoms with Crippen molar-refractivity contribution < 1.29 is 17.0 Å². The monoisotopic (exact) mass is 594 g/mol. The van der Waals surface area contributed by atoms with Crippen LogP contribution >= 0.6 is 0 Å². The molecule has 0 aliphatic heterocycles. The Bertz CT molecular complexity index is 545. The normalized spacial score (nSPS) is 11.5. The van der Waals surface area contributed by atoms with Gasteiger partial charge in [-0.2, -0.15) is 8.42 Å². The summed E-state index contributed by atoms with van der Waals surface area (Å²) in [6.07, 6.45) is 34.4. The Morgan fingerprint density at radius 1 is 0.475 bits per heavy atom. The molecule has 0 spiro atoms. The highest BCUT2D eigenvalue weighted by molar-refractivity contribution is 7.86. The molecule has 1 N–H and O–H groups in total. The zero-order chi connectivity index (χ0) is 29.8. The lowest BCUT2D eigenvalue weighted by Gasteiger charge is -2.06. The molecule has 0 fully saturated rings. The van der Waals surface area contributed by atoms with E-state index in [0.717, 1.165) is 38.5 Å². The predicted molar refractivity (Wildman–Crippen MR) is 176 cm³/mol. The zero-order valence-corrected chi connectivity index (χ0v) is 28.2. The molecule has 0 aliphatic rings. The number of hydrogen-bond acceptors (Lipinski definition) is 4. The van der Waals surface area contributed by atoms with Crippen LogP contribution in [0.3, 0.4) is 0 Å². The summed E-state index contributed by atoms with van der Waals surface area (Å²) in [5.74, 6) is 0.162. The molecule has 0 heterocycles. The quantitative estimate of drug-likeness (QED) is 0.0622. The number of halogens is 1. The third kappa shape index (κ3) is 39.9. The molecule has 40 heavy (non-hydrogen) atoms. The number of unbranched alkanes of at least 4 members (excludes halogenated alkanes) is 26. The Balaban J connectivity index is 0. The minimum Gasteiger partial charge on any atom is -0.323 e. The van der Waals surface area contributed by atoms with Crippen molar-refractivity contribution in [3.8, 4) is 0 Å². The van der Waals surface area contributed by atoms with E-state index in [4.69, 9.17) is 4.18 Å². The summed E-state index contributed by atoms with van der Waals surface area (Å²) in [5, 5.41) is 2.75. The molecule has 0 amide bonds. The van der Waals surface area contributed by atoms with Crippen LogP contribution in [0.25, 0.3) is 0 Å². The Morgan fingerprint density at radius 2 is 0.750 bits per heavy atom. The molecule has 0 unspecified atom stereocenters. The van der Waals surface area contributed by atoms with E-state index in [9.17, 15) is 12.8 Å². The van der Waals surface area contributed by atoms with Crippen molar-refractivity contribution in [1.82, 2.24) is 5.32 Å². The maximum atomic E-state index is 12.0. The van der Waals surface area contributed by atoms with Gasteiger partial charge in [-0.1, -0.05) is 167 Å². The van der Waals surface area contributed by atoms with Gasteiger partial charge in [0.05, 0.1) is 19.0 Å². The van der Waals surface area contributed by atoms with Crippen LogP contribution in [-0.2, 0) is 14.3 Å². The lowest BCUT2D eigenvalue weighted by Crippen LogP contribution is -2.11. The van der Waals surface area contributed by atoms with Gasteiger partial charge in [0.2, 0.25) is 0 Å². The molecule has 0 saturated heterocycles. The van der Waals surface area contributed by atoms with E-state index in [1.165, 1.54) is 128 Å². The van der Waals surface area contributed by atoms with Gasteiger partial charge in [0.15, 0.2) is 0 Å². The summed E-state index contributed by atoms with van der Waals surface area (Å²) in [7, 11) is 0.405. The Hall–Kier alpha value is -0.200. The first-order chi connectivity index (χ1) is 19.5. The maximum Gasteiger partial charge on any atom is 0.267 e. The number of rotatable bonds is 32. The smallest absolute Gasteiger partial charge is 0.267 e. The van der Waals surface area contributed by atoms with E-state index in [2.05, 4.69) is 12.2 Å². The van der Waals surface area contributed by atoms with Gasteiger partial charge in [-0.05, 0) is 33.4 Å². The highest BCUT2D eigenvalue weighted by Crippen LogP contribution is 2.15. The van der Waals surface area contributed by atoms with Crippen molar-refractivity contribution in [3.05, 3.63) is 0 Å². The largest absolute Gasteiger partial charge is 0.323 e. The van der Waals surface area contributed by atoms with Gasteiger partial charge in [-0.15, -0.1) is 0 Å². The fourth-order valence-electron chi connectivity index (χ4n) is 5.04. The molecule has 0 bridgehead atoms. The van der Waals surface area contributed by atoms with Crippen LogP contribution < -0.4 is 5.32 Å². The van der Waals surface area contributed by atoms with E-state index in [1.807, 2.05) is 14.1 Å². The van der Waals surface area contributed by atoms with Crippen molar-refractivity contribution in [2.45, 2.75) is 187 Å². The van der Waals surface area contributed by atoms with Gasteiger partial charge in [-0.3, -0.25) is 8.57 Å². The molecule has 4 nitrogen and oxygen atoms in total. The van der Waals surface area contributed by atoms with Crippen LogP contribution in [0.1, 0.15) is 187 Å². The fourth-order valence-corrected chi connectivity index (χ4v) is 6.08. The average molecular weight is 594 g/mol. The summed E-state index contributed by atoms with van der Waals surface area (Å²) < 4.78 is 41.3. The van der Waals surface area contributed by atoms with E-state index in [1.54, 1.807) is 0 Å². The molecule has 0 aromatic rings. The van der Waals surface area contributed by atoms with Gasteiger partial charge in [0, 0.05) is 0 Å². The fraction of sp³-hybridized carbons (Fsp3) is 1.00. The third-order valence-corrected chi connectivity index (χ3v) is 8.85. The minimum absolute atomic E-state index is 0.162. The molecule has 0 aliphatic carbocycles. The van der Waals surface area contributed by atoms with Crippen LogP contribution in [0.4, 0.5) is 4.39 Å². The van der Waals surface area contributed by atoms with E-state index in [0.29, 0.717) is 19.4 Å². The van der Waals surface area contributed by atoms with Crippen LogP contribution in [0.5, 0.6) is 0 Å². The topological polar surface area (TPSA) is 55.4 Å². The van der Waals surface area contributed by atoms with E-state index in [-0.39, 0.29) is 12.4 Å². The predicted octanol–water partition coefficient (Wildman–Crippen LogP) is 11.1. The molecule has 0 atom stereocenters. The molecule has 0 radical (unpaired) electrons. The van der Waals surface area contributed by atoms with Crippen molar-refractivity contribution >= 4 is 10.1 Å². The number of nitrogens with one attached hydrogen (secondary N) is 1. The highest BCUT2D eigenvalue weighted by atomic mass is 32.2. The molecular formula is C34H72FNO3S. The van der Waals surface area contributed by atoms with Crippen LogP contribution in [0.15, 0.2) is 0 Å². The zero-order valence-electron chi connectivity index (χ0n) is 27.4. The second-order valence-electron chi connectivity index (χ2n) is 11.8. The molecule has 0 aromatic heterocycles. The molecule has 0 saturated carbocycles. The summed E-state index contributed by atoms with van der Waals surface area (Å²) in [4.78, 5) is 0. The first kappa shape index (κ1) is 41.9. The Labute approximate surface area is 251 Å². The standard InChI is InChI=1S/C32H65FO3S.C2H7N/c1-2-3-4-5-6-7-8-9-10-11-12-13-14-16-19-22-25-28-31-36-37(34,35)32-29-26-23-20-17-15-18-21-24-27-30-33;1-3-2/h2-32H2,1H3;3H,1-2H3. The van der Waals surface area contributed by atoms with Crippen LogP contribution in [0.2, 0.25) is 0 Å². The second kappa shape index (κ2) is 36.8. The van der Waals surface area contributed by atoms with Crippen LogP contribution in [0, 0.1) is 0 Å². The SMILES string of the molecule is CCCCCCCCCCCCCCCCCCCCOS(=O)(=O)CCCCCCCCCCCCF.CNC. The van der Waals surface area contributed by atoms with Gasteiger partial charge < -0.3 is 5.32 Å². The Morgan fingerprint density at radius 3 is 1.07 bits per heavy atom. The summed E-state index contributed by atoms with van der Waals surface area (Å²) in [6, 6.07) is 0. The van der Waals surface area contributed by atoms with Crippen LogP contribution in [-0.4, -0.2) is 41.5 Å². The first-order valence-electron chi connectivity index (χ1n) is 17.6. The lowest BCUT2D eigenvalue weighted by molar-refractivity contribution is 0.305. The van der Waals surface area contributed by atoms with Gasteiger partial charge in [0.25, 0.3) is 10.1 Å². The molecule has 0 rings (SSSR count). The number of hydrogen-bond donors (Lipinski definition) is 1. The average Bonchev–Trinajstić information content (AvgIpc) is 2.93. The van der Waals surface area contributed by atoms with Crippen molar-refractivity contribution in [1.29, 1.82) is 0 Å². The summed E-state index contributed by atoms with van der Waals surface area (Å²) in [6.45, 7) is 2.44. The minimum atomic E-state index is -3.35. The number of alkyl halides is 1. The molecule has 0 aromatic carbocycles. The highest BCUT2D eigenvalue weighted by Gasteiger charge is 2.10. The summed E-state index contributed by atoms with van der Waals surface area (Å²) >= 11 is 0. The maximum absolute atomic E-state index is 12.0. The van der Waals surface area contributed by atoms with Crippen molar-refractivity contribution in [2.24, 2.45) is 0 Å². The first-order valence-corrected chi connectivity index (χ1v) is 19.1.